The number of carbonyl (C=O) groups is 2. The molecule has 0 saturated carbocycles. The zero-order chi connectivity index (χ0) is 17.3. The van der Waals surface area contributed by atoms with Crippen molar-refractivity contribution in [2.24, 2.45) is 0 Å². The van der Waals surface area contributed by atoms with Crippen LogP contribution in [0.3, 0.4) is 0 Å². The lowest BCUT2D eigenvalue weighted by Crippen LogP contribution is -2.51. The summed E-state index contributed by atoms with van der Waals surface area (Å²) in [6.07, 6.45) is -0.768. The highest BCUT2D eigenvalue weighted by Gasteiger charge is 2.38. The number of carboxylic acids is 1. The van der Waals surface area contributed by atoms with Crippen LogP contribution >= 0.6 is 0 Å². The maximum Gasteiger partial charge on any atom is 0.408 e. The largest absolute Gasteiger partial charge is 0.479 e. The summed E-state index contributed by atoms with van der Waals surface area (Å²) in [4.78, 5) is 23.8. The molecule has 0 fully saturated rings. The molecule has 5 nitrogen and oxygen atoms in total. The highest BCUT2D eigenvalue weighted by molar-refractivity contribution is 5.89. The molecule has 122 valence electrons. The molecule has 0 saturated heterocycles. The molecule has 0 spiro atoms. The lowest BCUT2D eigenvalue weighted by Gasteiger charge is -2.29. The van der Waals surface area contributed by atoms with Gasteiger partial charge in [-0.2, -0.15) is 0 Å². The summed E-state index contributed by atoms with van der Waals surface area (Å²) in [6.45, 7) is 6.62. The van der Waals surface area contributed by atoms with Crippen LogP contribution in [0.5, 0.6) is 0 Å². The molecular formula is C18H21NO4. The lowest BCUT2D eigenvalue weighted by atomic mass is 9.90. The first-order valence-corrected chi connectivity index (χ1v) is 7.36. The van der Waals surface area contributed by atoms with E-state index in [0.29, 0.717) is 5.56 Å². The third kappa shape index (κ3) is 3.80. The molecule has 0 aliphatic heterocycles. The summed E-state index contributed by atoms with van der Waals surface area (Å²) in [5.41, 5.74) is -1.80. The number of fused-ring (bicyclic) bond motifs is 1. The fourth-order valence-electron chi connectivity index (χ4n) is 2.26. The van der Waals surface area contributed by atoms with E-state index in [2.05, 4.69) is 5.32 Å². The van der Waals surface area contributed by atoms with E-state index in [1.54, 1.807) is 32.9 Å². The van der Waals surface area contributed by atoms with E-state index in [0.717, 1.165) is 10.8 Å². The van der Waals surface area contributed by atoms with E-state index in [4.69, 9.17) is 4.74 Å². The smallest absolute Gasteiger partial charge is 0.408 e. The Kier molecular flexibility index (Phi) is 4.32. The van der Waals surface area contributed by atoms with E-state index in [9.17, 15) is 14.7 Å². The van der Waals surface area contributed by atoms with Crippen LogP contribution in [0.2, 0.25) is 0 Å². The Bertz CT molecular complexity index is 748. The monoisotopic (exact) mass is 315 g/mol. The third-order valence-corrected chi connectivity index (χ3v) is 3.51. The molecule has 0 aromatic heterocycles. The van der Waals surface area contributed by atoms with Gasteiger partial charge in [0.2, 0.25) is 0 Å². The maximum atomic E-state index is 12.0. The quantitative estimate of drug-likeness (QED) is 0.906. The highest BCUT2D eigenvalue weighted by atomic mass is 16.6. The van der Waals surface area contributed by atoms with Crippen molar-refractivity contribution in [2.45, 2.75) is 38.8 Å². The summed E-state index contributed by atoms with van der Waals surface area (Å²) in [7, 11) is 0. The average molecular weight is 315 g/mol. The van der Waals surface area contributed by atoms with Crippen molar-refractivity contribution in [3.05, 3.63) is 48.0 Å². The molecule has 0 heterocycles. The van der Waals surface area contributed by atoms with Crippen LogP contribution in [0, 0.1) is 0 Å². The number of hydrogen-bond donors (Lipinski definition) is 2. The molecule has 0 radical (unpaired) electrons. The Morgan fingerprint density at radius 3 is 2.17 bits per heavy atom. The van der Waals surface area contributed by atoms with Crippen molar-refractivity contribution in [3.8, 4) is 0 Å². The summed E-state index contributed by atoms with van der Waals surface area (Å²) in [6, 6.07) is 12.9. The van der Waals surface area contributed by atoms with Gasteiger partial charge < -0.3 is 15.2 Å². The molecule has 2 aromatic rings. The van der Waals surface area contributed by atoms with Crippen LogP contribution < -0.4 is 5.32 Å². The summed E-state index contributed by atoms with van der Waals surface area (Å²) in [5.74, 6) is -1.15. The minimum atomic E-state index is -1.58. The number of nitrogens with one attached hydrogen (secondary N) is 1. The zero-order valence-electron chi connectivity index (χ0n) is 13.7. The van der Waals surface area contributed by atoms with Gasteiger partial charge in [-0.05, 0) is 50.1 Å². The normalized spacial score (nSPS) is 14.1. The molecule has 0 aliphatic rings. The van der Waals surface area contributed by atoms with E-state index < -0.39 is 23.2 Å². The van der Waals surface area contributed by atoms with Gasteiger partial charge in [0.25, 0.3) is 0 Å². The van der Waals surface area contributed by atoms with Gasteiger partial charge in [-0.25, -0.2) is 9.59 Å². The van der Waals surface area contributed by atoms with Crippen LogP contribution in [-0.2, 0) is 15.1 Å². The van der Waals surface area contributed by atoms with Crippen molar-refractivity contribution >= 4 is 22.8 Å². The van der Waals surface area contributed by atoms with E-state index in [1.807, 2.05) is 30.3 Å². The Balaban J connectivity index is 2.38. The van der Waals surface area contributed by atoms with Crippen LogP contribution in [0.15, 0.2) is 42.5 Å². The SMILES string of the molecule is CC(C)(C)OC(=O)N[C@@](C)(C(=O)O)c1ccc2ccccc2c1. The second-order valence-electron chi connectivity index (χ2n) is 6.62. The summed E-state index contributed by atoms with van der Waals surface area (Å²) < 4.78 is 5.18. The van der Waals surface area contributed by atoms with Gasteiger partial charge in [-0.15, -0.1) is 0 Å². The minimum Gasteiger partial charge on any atom is -0.479 e. The van der Waals surface area contributed by atoms with Gasteiger partial charge in [0.15, 0.2) is 5.54 Å². The molecule has 5 heteroatoms. The van der Waals surface area contributed by atoms with E-state index in [-0.39, 0.29) is 0 Å². The van der Waals surface area contributed by atoms with Gasteiger partial charge >= 0.3 is 12.1 Å². The first-order valence-electron chi connectivity index (χ1n) is 7.36. The van der Waals surface area contributed by atoms with Crippen molar-refractivity contribution in [2.75, 3.05) is 0 Å². The number of rotatable bonds is 3. The minimum absolute atomic E-state index is 0.481. The highest BCUT2D eigenvalue weighted by Crippen LogP contribution is 2.26. The van der Waals surface area contributed by atoms with Gasteiger partial charge in [-0.1, -0.05) is 36.4 Å². The average Bonchev–Trinajstić information content (AvgIpc) is 2.44. The molecule has 2 rings (SSSR count). The molecule has 0 bridgehead atoms. The van der Waals surface area contributed by atoms with Gasteiger partial charge in [0.05, 0.1) is 0 Å². The topological polar surface area (TPSA) is 75.6 Å². The first-order chi connectivity index (χ1) is 10.6. The number of benzene rings is 2. The standard InChI is InChI=1S/C18H21NO4/c1-17(2,3)23-16(22)19-18(4,15(20)21)14-10-9-12-7-5-6-8-13(12)11-14/h5-11H,1-4H3,(H,19,22)(H,20,21)/t18-/m1/s1. The molecule has 1 atom stereocenters. The molecule has 2 N–H and O–H groups in total. The van der Waals surface area contributed by atoms with Gasteiger partial charge in [0, 0.05) is 0 Å². The zero-order valence-corrected chi connectivity index (χ0v) is 13.7. The predicted molar refractivity (Wildman–Crippen MR) is 88.3 cm³/mol. The van der Waals surface area contributed by atoms with E-state index in [1.165, 1.54) is 6.92 Å². The van der Waals surface area contributed by atoms with Gasteiger partial charge in [0.1, 0.15) is 5.60 Å². The number of hydrogen-bond acceptors (Lipinski definition) is 3. The number of carboxylic acid groups (broad SMARTS) is 1. The number of amides is 1. The molecule has 0 aliphatic carbocycles. The second-order valence-corrected chi connectivity index (χ2v) is 6.62. The maximum absolute atomic E-state index is 12.0. The Morgan fingerprint density at radius 2 is 1.61 bits per heavy atom. The van der Waals surface area contributed by atoms with Crippen molar-refractivity contribution < 1.29 is 19.4 Å². The Hall–Kier alpha value is -2.56. The molecule has 23 heavy (non-hydrogen) atoms. The second kappa shape index (κ2) is 5.91. The van der Waals surface area contributed by atoms with Crippen LogP contribution in [0.4, 0.5) is 4.79 Å². The van der Waals surface area contributed by atoms with E-state index >= 15 is 0 Å². The molecule has 2 aromatic carbocycles. The van der Waals surface area contributed by atoms with Crippen LogP contribution in [-0.4, -0.2) is 22.8 Å². The predicted octanol–water partition coefficient (Wildman–Crippen LogP) is 3.66. The number of ether oxygens (including phenoxy) is 1. The Labute approximate surface area is 135 Å². The molecular weight excluding hydrogens is 294 g/mol. The fraction of sp³-hybridized carbons (Fsp3) is 0.333. The molecule has 0 unspecified atom stereocenters. The lowest BCUT2D eigenvalue weighted by molar-refractivity contribution is -0.144. The number of alkyl carbamates (subject to hydrolysis) is 1. The van der Waals surface area contributed by atoms with Crippen LogP contribution in [0.25, 0.3) is 10.8 Å². The van der Waals surface area contributed by atoms with Crippen molar-refractivity contribution in [1.82, 2.24) is 5.32 Å². The first kappa shape index (κ1) is 16.8. The number of carbonyl (C=O) groups excluding carboxylic acids is 1. The van der Waals surface area contributed by atoms with Gasteiger partial charge in [-0.3, -0.25) is 0 Å². The molecule has 1 amide bonds. The fourth-order valence-corrected chi connectivity index (χ4v) is 2.26. The van der Waals surface area contributed by atoms with Crippen LogP contribution in [0.1, 0.15) is 33.3 Å². The summed E-state index contributed by atoms with van der Waals surface area (Å²) >= 11 is 0. The third-order valence-electron chi connectivity index (χ3n) is 3.51. The summed E-state index contributed by atoms with van der Waals surface area (Å²) in [5, 5.41) is 14.0. The Morgan fingerprint density at radius 1 is 1.00 bits per heavy atom. The van der Waals surface area contributed by atoms with Crippen molar-refractivity contribution in [3.63, 3.8) is 0 Å². The van der Waals surface area contributed by atoms with Crippen molar-refractivity contribution in [1.29, 1.82) is 0 Å². The number of aliphatic carboxylic acids is 1.